The third-order valence-corrected chi connectivity index (χ3v) is 0. The molecule has 0 amide bonds. The van der Waals surface area contributed by atoms with Gasteiger partial charge >= 0.3 is 40.5 Å². The van der Waals surface area contributed by atoms with E-state index in [1.54, 1.807) is 0 Å². The molecule has 0 atom stereocenters. The van der Waals surface area contributed by atoms with Crippen molar-refractivity contribution in [2.45, 2.75) is 0 Å². The molecule has 5 heteroatoms. The van der Waals surface area contributed by atoms with Crippen molar-refractivity contribution in [1.82, 2.24) is 0 Å². The fourth-order valence-electron chi connectivity index (χ4n) is 0. The summed E-state index contributed by atoms with van der Waals surface area (Å²) in [5, 5.41) is 0.194. The van der Waals surface area contributed by atoms with Gasteiger partial charge in [-0.15, -0.1) is 23.2 Å². The Hall–Kier alpha value is 2.16. The van der Waals surface area contributed by atoms with Gasteiger partial charge in [0.25, 0.3) is 0 Å². The molecule has 0 unspecified atom stereocenters. The van der Waals surface area contributed by atoms with Crippen LogP contribution in [0.1, 0.15) is 0 Å². The molecule has 0 aliphatic carbocycles. The molecule has 0 bridgehead atoms. The van der Waals surface area contributed by atoms with Gasteiger partial charge in [-0.2, -0.15) is 0 Å². The third kappa shape index (κ3) is 35.1. The molecule has 0 fully saturated rings. The zero-order valence-electron chi connectivity index (χ0n) is 2.93. The first-order valence-electron chi connectivity index (χ1n) is 1.07. The number of hydrogen-bond acceptors (Lipinski definition) is 0. The van der Waals surface area contributed by atoms with Crippen LogP contribution in [0.2, 0.25) is 0 Å². The second-order valence-electron chi connectivity index (χ2n) is 0.202. The van der Waals surface area contributed by atoms with E-state index < -0.39 is 0 Å². The Morgan fingerprint density at radius 1 is 1.33 bits per heavy atom. The van der Waals surface area contributed by atoms with Crippen molar-refractivity contribution in [3.05, 3.63) is 0 Å². The van der Waals surface area contributed by atoms with Gasteiger partial charge in [-0.25, -0.2) is 0 Å². The maximum absolute atomic E-state index is 4.76. The van der Waals surface area contributed by atoms with Crippen LogP contribution in [0.15, 0.2) is 0 Å². The zero-order valence-corrected chi connectivity index (χ0v) is 10.6. The Kier molecular flexibility index (Phi) is 28.9. The molecule has 0 aromatic heterocycles. The Morgan fingerprint density at radius 2 is 1.33 bits per heavy atom. The van der Waals surface area contributed by atoms with Gasteiger partial charge in [0, 0.05) is 0 Å². The van der Waals surface area contributed by atoms with Crippen molar-refractivity contribution in [3.8, 4) is 0 Å². The fourth-order valence-corrected chi connectivity index (χ4v) is 0. The van der Waals surface area contributed by atoms with Crippen molar-refractivity contribution in [1.29, 1.82) is 0 Å². The Labute approximate surface area is 68.3 Å². The van der Waals surface area contributed by atoms with E-state index in [4.69, 9.17) is 23.2 Å². The summed E-state index contributed by atoms with van der Waals surface area (Å²) in [6.45, 7) is 0. The minimum atomic E-state index is -0.250. The van der Waals surface area contributed by atoms with E-state index in [-0.39, 0.29) is 18.5 Å². The molecular formula is CH2Br2Cl2Zn. The topological polar surface area (TPSA) is 0 Å². The number of halogens is 4. The van der Waals surface area contributed by atoms with Crippen LogP contribution in [0.25, 0.3) is 0 Å². The fraction of sp³-hybridized carbons (Fsp3) is 1.00. The van der Waals surface area contributed by atoms with Crippen LogP contribution >= 0.6 is 50.4 Å². The van der Waals surface area contributed by atoms with Gasteiger partial charge in [0.15, 0.2) is 0 Å². The van der Waals surface area contributed by atoms with Crippen molar-refractivity contribution < 1.29 is 13.2 Å². The Balaban J connectivity index is 0. The molecule has 0 aromatic rings. The monoisotopic (exact) mass is 306 g/mol. The summed E-state index contributed by atoms with van der Waals surface area (Å²) < 4.78 is 0. The summed E-state index contributed by atoms with van der Waals surface area (Å²) in [6, 6.07) is 0. The molecule has 0 aliphatic heterocycles. The summed E-state index contributed by atoms with van der Waals surface area (Å²) in [5.41, 5.74) is 0. The molecule has 0 aromatic carbocycles. The van der Waals surface area contributed by atoms with Gasteiger partial charge < -0.3 is 0 Å². The molecule has 6 heavy (non-hydrogen) atoms. The molecule has 0 aliphatic rings. The minimum absolute atomic E-state index is 0.194. The quantitative estimate of drug-likeness (QED) is 0.476. The van der Waals surface area contributed by atoms with Gasteiger partial charge in [0.05, 0.1) is 5.34 Å². The zero-order chi connectivity index (χ0) is 5.41. The molecule has 0 spiro atoms. The number of alkyl halides is 2. The average molecular weight is 310 g/mol. The van der Waals surface area contributed by atoms with Gasteiger partial charge in [-0.05, 0) is 0 Å². The second-order valence-corrected chi connectivity index (χ2v) is 15.1. The predicted molar refractivity (Wildman–Crippen MR) is 34.4 cm³/mol. The van der Waals surface area contributed by atoms with Gasteiger partial charge in [-0.3, -0.25) is 0 Å². The predicted octanol–water partition coefficient (Wildman–Crippen LogP) is 3.11. The molecule has 0 saturated heterocycles. The number of rotatable bonds is 0. The number of hydrogen-bond donors (Lipinski definition) is 0. The summed E-state index contributed by atoms with van der Waals surface area (Å²) in [4.78, 5) is 0. The van der Waals surface area contributed by atoms with E-state index in [1.807, 2.05) is 0 Å². The molecular weight excluding hydrogens is 308 g/mol. The van der Waals surface area contributed by atoms with E-state index in [9.17, 15) is 0 Å². The first-order chi connectivity index (χ1) is 2.83. The van der Waals surface area contributed by atoms with Crippen LogP contribution in [0.5, 0.6) is 0 Å². The average Bonchev–Trinajstić information content (AvgIpc) is 1.39. The molecule has 0 N–H and O–H groups in total. The Morgan fingerprint density at radius 3 is 1.33 bits per heavy atom. The van der Waals surface area contributed by atoms with Crippen LogP contribution in [0.3, 0.4) is 0 Å². The first-order valence-corrected chi connectivity index (χ1v) is 16.0. The first kappa shape index (κ1) is 11.0. The molecule has 0 heterocycles. The molecule has 0 nitrogen and oxygen atoms in total. The van der Waals surface area contributed by atoms with Gasteiger partial charge in [0.2, 0.25) is 0 Å². The van der Waals surface area contributed by atoms with Crippen LogP contribution in [-0.4, -0.2) is 5.34 Å². The SMILES string of the molecule is ClCCl.[Br][Zn][Br]. The second kappa shape index (κ2) is 15.7. The van der Waals surface area contributed by atoms with E-state index in [0.29, 0.717) is 0 Å². The van der Waals surface area contributed by atoms with Crippen LogP contribution in [0, 0.1) is 0 Å². The van der Waals surface area contributed by atoms with Crippen LogP contribution in [0.4, 0.5) is 0 Å². The van der Waals surface area contributed by atoms with E-state index in [1.165, 1.54) is 0 Å². The normalized spacial score (nSPS) is 4.67. The third-order valence-electron chi connectivity index (χ3n) is 0. The van der Waals surface area contributed by atoms with E-state index in [0.717, 1.165) is 0 Å². The summed E-state index contributed by atoms with van der Waals surface area (Å²) >= 11 is 15.8. The van der Waals surface area contributed by atoms with Crippen molar-refractivity contribution in [2.24, 2.45) is 0 Å². The standard InChI is InChI=1S/CH2Cl2.2BrH.Zn/c2-1-3;;;/h1H2;2*1H;/q;;;+2/p-2. The van der Waals surface area contributed by atoms with E-state index >= 15 is 0 Å². The summed E-state index contributed by atoms with van der Waals surface area (Å²) in [5.74, 6) is 0. The maximum atomic E-state index is 4.76. The van der Waals surface area contributed by atoms with E-state index in [2.05, 4.69) is 27.2 Å². The van der Waals surface area contributed by atoms with Crippen molar-refractivity contribution in [3.63, 3.8) is 0 Å². The molecule has 36 valence electrons. The molecule has 0 saturated carbocycles. The van der Waals surface area contributed by atoms with Crippen molar-refractivity contribution >= 4 is 50.4 Å². The Bertz CT molecular complexity index is 13.5. The van der Waals surface area contributed by atoms with Crippen molar-refractivity contribution in [2.75, 3.05) is 5.34 Å². The summed E-state index contributed by atoms with van der Waals surface area (Å²) in [6.07, 6.45) is 0. The molecule has 0 rings (SSSR count). The van der Waals surface area contributed by atoms with Gasteiger partial charge in [-0.1, -0.05) is 0 Å². The van der Waals surface area contributed by atoms with Crippen LogP contribution in [-0.2, 0) is 13.2 Å². The summed E-state index contributed by atoms with van der Waals surface area (Å²) in [7, 11) is 0. The van der Waals surface area contributed by atoms with Gasteiger partial charge in [0.1, 0.15) is 0 Å². The van der Waals surface area contributed by atoms with Crippen LogP contribution < -0.4 is 0 Å². The molecule has 0 radical (unpaired) electrons.